The third kappa shape index (κ3) is 5.73. The summed E-state index contributed by atoms with van der Waals surface area (Å²) in [7, 11) is -3.73. The number of benzene rings is 1. The Labute approximate surface area is 170 Å². The fourth-order valence-corrected chi connectivity index (χ4v) is 3.57. The molecule has 0 aliphatic carbocycles. The van der Waals surface area contributed by atoms with Crippen molar-refractivity contribution in [2.24, 2.45) is 5.14 Å². The Morgan fingerprint density at radius 2 is 1.93 bits per heavy atom. The lowest BCUT2D eigenvalue weighted by molar-refractivity contribution is -0.120. The average molecular weight is 438 g/mol. The number of sulfonamides is 1. The van der Waals surface area contributed by atoms with Gasteiger partial charge in [0.15, 0.2) is 5.13 Å². The van der Waals surface area contributed by atoms with Crippen LogP contribution in [0.25, 0.3) is 0 Å². The summed E-state index contributed by atoms with van der Waals surface area (Å²) >= 11 is 7.16. The van der Waals surface area contributed by atoms with Crippen LogP contribution >= 0.6 is 22.9 Å². The van der Waals surface area contributed by atoms with Crippen LogP contribution in [0.3, 0.4) is 0 Å². The molecule has 0 spiro atoms. The lowest BCUT2D eigenvalue weighted by Gasteiger charge is -2.05. The number of carbonyl (C=O) groups is 1. The highest BCUT2D eigenvalue weighted by atomic mass is 35.5. The minimum absolute atomic E-state index is 0.0280. The molecule has 0 unspecified atom stereocenters. The van der Waals surface area contributed by atoms with E-state index in [1.165, 1.54) is 29.7 Å². The van der Waals surface area contributed by atoms with Crippen molar-refractivity contribution < 1.29 is 13.2 Å². The third-order valence-electron chi connectivity index (χ3n) is 3.60. The molecule has 0 aliphatic rings. The molecule has 146 valence electrons. The van der Waals surface area contributed by atoms with E-state index >= 15 is 0 Å². The topological polar surface area (TPSA) is 127 Å². The molecule has 8 nitrogen and oxygen atoms in total. The fourth-order valence-electron chi connectivity index (χ4n) is 2.23. The summed E-state index contributed by atoms with van der Waals surface area (Å²) in [6, 6.07) is 9.46. The molecule has 3 aromatic rings. The number of halogens is 1. The molecule has 28 heavy (non-hydrogen) atoms. The van der Waals surface area contributed by atoms with Gasteiger partial charge in [0.1, 0.15) is 5.82 Å². The lowest BCUT2D eigenvalue weighted by atomic mass is 10.2. The number of pyridine rings is 1. The van der Waals surface area contributed by atoms with E-state index in [4.69, 9.17) is 16.7 Å². The molecule has 0 radical (unpaired) electrons. The number of nitrogens with zero attached hydrogens (tertiary/aromatic N) is 2. The third-order valence-corrected chi connectivity index (χ3v) is 5.56. The van der Waals surface area contributed by atoms with Crippen molar-refractivity contribution >= 4 is 49.8 Å². The number of amides is 1. The maximum atomic E-state index is 12.1. The molecule has 0 aliphatic heterocycles. The Morgan fingerprint density at radius 1 is 1.18 bits per heavy atom. The van der Waals surface area contributed by atoms with E-state index in [1.54, 1.807) is 29.6 Å². The molecule has 11 heteroatoms. The highest BCUT2D eigenvalue weighted by Crippen LogP contribution is 2.20. The number of thiazole rings is 1. The predicted octanol–water partition coefficient (Wildman–Crippen LogP) is 2.44. The molecule has 2 heterocycles. The van der Waals surface area contributed by atoms with Crippen molar-refractivity contribution in [3.63, 3.8) is 0 Å². The van der Waals surface area contributed by atoms with E-state index in [2.05, 4.69) is 20.6 Å². The quantitative estimate of drug-likeness (QED) is 0.521. The summed E-state index contributed by atoms with van der Waals surface area (Å²) in [6.07, 6.45) is 1.66. The van der Waals surface area contributed by atoms with Crippen LogP contribution < -0.4 is 15.8 Å². The van der Waals surface area contributed by atoms with Crippen molar-refractivity contribution in [1.82, 2.24) is 15.3 Å². The number of primary sulfonamides is 1. The minimum Gasteiger partial charge on any atom is -0.352 e. The molecule has 0 bridgehead atoms. The van der Waals surface area contributed by atoms with Crippen molar-refractivity contribution in [3.05, 3.63) is 64.3 Å². The van der Waals surface area contributed by atoms with Gasteiger partial charge >= 0.3 is 0 Å². The molecule has 2 aromatic heterocycles. The zero-order chi connectivity index (χ0) is 20.1. The molecule has 0 fully saturated rings. The summed E-state index contributed by atoms with van der Waals surface area (Å²) in [5.41, 5.74) is 1.39. The maximum Gasteiger partial charge on any atom is 0.238 e. The first-order valence-electron chi connectivity index (χ1n) is 8.01. The van der Waals surface area contributed by atoms with Gasteiger partial charge in [-0.25, -0.2) is 23.5 Å². The van der Waals surface area contributed by atoms with Crippen molar-refractivity contribution in [3.8, 4) is 0 Å². The van der Waals surface area contributed by atoms with Crippen LogP contribution in [0, 0.1) is 0 Å². The van der Waals surface area contributed by atoms with Crippen molar-refractivity contribution in [2.75, 3.05) is 5.32 Å². The first kappa shape index (κ1) is 20.2. The van der Waals surface area contributed by atoms with Crippen LogP contribution in [0.1, 0.15) is 11.3 Å². The monoisotopic (exact) mass is 437 g/mol. The van der Waals surface area contributed by atoms with E-state index < -0.39 is 10.0 Å². The summed E-state index contributed by atoms with van der Waals surface area (Å²) in [5, 5.41) is 13.8. The van der Waals surface area contributed by atoms with Crippen LogP contribution in [0.4, 0.5) is 10.9 Å². The first-order valence-corrected chi connectivity index (χ1v) is 10.8. The van der Waals surface area contributed by atoms with Gasteiger partial charge in [0.05, 0.1) is 22.0 Å². The number of nitrogens with two attached hydrogens (primary N) is 1. The van der Waals surface area contributed by atoms with Gasteiger partial charge in [-0.05, 0) is 29.8 Å². The van der Waals surface area contributed by atoms with Crippen LogP contribution in [-0.2, 0) is 27.8 Å². The van der Waals surface area contributed by atoms with Crippen LogP contribution in [0.15, 0.2) is 52.9 Å². The summed E-state index contributed by atoms with van der Waals surface area (Å²) in [4.78, 5) is 20.6. The van der Waals surface area contributed by atoms with E-state index in [0.717, 1.165) is 5.56 Å². The lowest BCUT2D eigenvalue weighted by Crippen LogP contribution is -2.24. The predicted molar refractivity (Wildman–Crippen MR) is 108 cm³/mol. The largest absolute Gasteiger partial charge is 0.352 e. The number of rotatable bonds is 7. The number of hydrogen-bond acceptors (Lipinski definition) is 7. The second kappa shape index (κ2) is 8.65. The maximum absolute atomic E-state index is 12.1. The number of carbonyl (C=O) groups excluding carboxylic acids is 1. The first-order chi connectivity index (χ1) is 13.3. The summed E-state index contributed by atoms with van der Waals surface area (Å²) < 4.78 is 22.5. The molecule has 0 atom stereocenters. The van der Waals surface area contributed by atoms with Gasteiger partial charge in [0.2, 0.25) is 15.9 Å². The zero-order valence-corrected chi connectivity index (χ0v) is 16.8. The van der Waals surface area contributed by atoms with Crippen molar-refractivity contribution in [2.45, 2.75) is 17.9 Å². The number of nitrogens with one attached hydrogen (secondary N) is 2. The van der Waals surface area contributed by atoms with E-state index in [-0.39, 0.29) is 23.8 Å². The second-order valence-electron chi connectivity index (χ2n) is 5.77. The Kier molecular flexibility index (Phi) is 6.25. The van der Waals surface area contributed by atoms with E-state index in [9.17, 15) is 13.2 Å². The Bertz CT molecular complexity index is 1070. The average Bonchev–Trinajstić information content (AvgIpc) is 3.08. The van der Waals surface area contributed by atoms with Gasteiger partial charge in [-0.3, -0.25) is 4.79 Å². The molecular weight excluding hydrogens is 422 g/mol. The van der Waals surface area contributed by atoms with Crippen LogP contribution in [-0.4, -0.2) is 24.3 Å². The Hall–Kier alpha value is -2.53. The van der Waals surface area contributed by atoms with Gasteiger partial charge in [-0.15, -0.1) is 11.3 Å². The highest BCUT2D eigenvalue weighted by molar-refractivity contribution is 7.89. The molecule has 1 aromatic carbocycles. The zero-order valence-electron chi connectivity index (χ0n) is 14.4. The summed E-state index contributed by atoms with van der Waals surface area (Å²) in [6.45, 7) is 0.271. The van der Waals surface area contributed by atoms with Crippen LogP contribution in [0.2, 0.25) is 5.02 Å². The number of hydrogen-bond donors (Lipinski definition) is 3. The molecule has 0 saturated carbocycles. The van der Waals surface area contributed by atoms with Gasteiger partial charge in [-0.2, -0.15) is 0 Å². The standard InChI is InChI=1S/C17H16ClN5O3S2/c18-12-3-6-15(20-9-12)23-17-22-13(10-27-17)7-16(24)21-8-11-1-4-14(5-2-11)28(19,25)26/h1-6,9-10H,7-8H2,(H,21,24)(H2,19,25,26)(H,20,22,23). The SMILES string of the molecule is NS(=O)(=O)c1ccc(CNC(=O)Cc2csc(Nc3ccc(Cl)cn3)n2)cc1. The molecule has 4 N–H and O–H groups in total. The highest BCUT2D eigenvalue weighted by Gasteiger charge is 2.10. The molecule has 1 amide bonds. The van der Waals surface area contributed by atoms with Gasteiger partial charge in [0.25, 0.3) is 0 Å². The number of aromatic nitrogens is 2. The minimum atomic E-state index is -3.73. The Balaban J connectivity index is 1.51. The van der Waals surface area contributed by atoms with Gasteiger partial charge in [0, 0.05) is 18.1 Å². The molecule has 3 rings (SSSR count). The van der Waals surface area contributed by atoms with Gasteiger partial charge in [-0.1, -0.05) is 23.7 Å². The van der Waals surface area contributed by atoms with E-state index in [0.29, 0.717) is 21.7 Å². The van der Waals surface area contributed by atoms with Gasteiger partial charge < -0.3 is 10.6 Å². The smallest absolute Gasteiger partial charge is 0.238 e. The van der Waals surface area contributed by atoms with E-state index in [1.807, 2.05) is 0 Å². The second-order valence-corrected chi connectivity index (χ2v) is 8.63. The molecule has 0 saturated heterocycles. The fraction of sp³-hybridized carbons (Fsp3) is 0.118. The number of anilines is 2. The molecular formula is C17H16ClN5O3S2. The van der Waals surface area contributed by atoms with Crippen molar-refractivity contribution in [1.29, 1.82) is 0 Å². The summed E-state index contributed by atoms with van der Waals surface area (Å²) in [5.74, 6) is 0.412. The normalized spacial score (nSPS) is 11.2. The Morgan fingerprint density at radius 3 is 2.57 bits per heavy atom. The van der Waals surface area contributed by atoms with Crippen LogP contribution in [0.5, 0.6) is 0 Å².